The zero-order valence-electron chi connectivity index (χ0n) is 11.2. The van der Waals surface area contributed by atoms with Crippen molar-refractivity contribution in [3.63, 3.8) is 0 Å². The van der Waals surface area contributed by atoms with Crippen LogP contribution in [0.25, 0.3) is 5.52 Å². The average Bonchev–Trinajstić information content (AvgIpc) is 2.49. The first-order valence-electron chi connectivity index (χ1n) is 6.57. The minimum absolute atomic E-state index is 0.218. The molecule has 0 aliphatic rings. The van der Waals surface area contributed by atoms with Crippen molar-refractivity contribution in [1.29, 1.82) is 0 Å². The van der Waals surface area contributed by atoms with Crippen LogP contribution in [0.15, 0.2) is 65.6 Å². The van der Waals surface area contributed by atoms with E-state index in [9.17, 15) is 9.59 Å². The van der Waals surface area contributed by atoms with Crippen molar-refractivity contribution in [3.05, 3.63) is 87.8 Å². The number of aromatic carboxylic acids is 1. The molecular formula is C17H13NO3. The number of benzene rings is 1. The number of nitrogens with zero attached hydrogens (tertiary/aromatic N) is 1. The summed E-state index contributed by atoms with van der Waals surface area (Å²) in [7, 11) is 0. The van der Waals surface area contributed by atoms with E-state index in [-0.39, 0.29) is 5.56 Å². The number of carboxylic acids is 1. The highest BCUT2D eigenvalue weighted by atomic mass is 16.4. The Labute approximate surface area is 120 Å². The number of carboxylic acid groups (broad SMARTS) is 1. The molecule has 3 rings (SSSR count). The molecule has 1 N–H and O–H groups in total. The quantitative estimate of drug-likeness (QED) is 0.801. The van der Waals surface area contributed by atoms with E-state index < -0.39 is 11.5 Å². The van der Waals surface area contributed by atoms with Gasteiger partial charge in [-0.3, -0.25) is 9.20 Å². The number of fused-ring (bicyclic) bond motifs is 1. The van der Waals surface area contributed by atoms with Gasteiger partial charge in [0.05, 0.1) is 0 Å². The van der Waals surface area contributed by atoms with Crippen LogP contribution in [0.2, 0.25) is 0 Å². The van der Waals surface area contributed by atoms with Crippen molar-refractivity contribution < 1.29 is 9.90 Å². The van der Waals surface area contributed by atoms with Gasteiger partial charge < -0.3 is 5.11 Å². The topological polar surface area (TPSA) is 58.8 Å². The lowest BCUT2D eigenvalue weighted by Crippen LogP contribution is -2.21. The molecule has 21 heavy (non-hydrogen) atoms. The lowest BCUT2D eigenvalue weighted by atomic mass is 10.1. The van der Waals surface area contributed by atoms with E-state index in [1.165, 1.54) is 10.5 Å². The van der Waals surface area contributed by atoms with Gasteiger partial charge in [-0.25, -0.2) is 4.79 Å². The molecular weight excluding hydrogens is 266 g/mol. The van der Waals surface area contributed by atoms with Crippen LogP contribution in [-0.2, 0) is 6.42 Å². The highest BCUT2D eigenvalue weighted by Crippen LogP contribution is 2.11. The van der Waals surface area contributed by atoms with Crippen LogP contribution in [0.3, 0.4) is 0 Å². The minimum atomic E-state index is -1.21. The summed E-state index contributed by atoms with van der Waals surface area (Å²) in [5, 5.41) is 9.02. The van der Waals surface area contributed by atoms with Gasteiger partial charge in [0, 0.05) is 11.7 Å². The normalized spacial score (nSPS) is 10.7. The first-order valence-corrected chi connectivity index (χ1v) is 6.57. The maximum atomic E-state index is 12.2. The zero-order chi connectivity index (χ0) is 14.8. The molecule has 2 aromatic heterocycles. The number of rotatable bonds is 3. The Morgan fingerprint density at radius 2 is 1.67 bits per heavy atom. The fourth-order valence-electron chi connectivity index (χ4n) is 2.34. The van der Waals surface area contributed by atoms with E-state index in [1.54, 1.807) is 12.3 Å². The monoisotopic (exact) mass is 279 g/mol. The van der Waals surface area contributed by atoms with Crippen molar-refractivity contribution in [3.8, 4) is 0 Å². The lowest BCUT2D eigenvalue weighted by Gasteiger charge is -2.06. The first-order chi connectivity index (χ1) is 10.1. The molecule has 2 heterocycles. The van der Waals surface area contributed by atoms with Crippen LogP contribution in [0.4, 0.5) is 0 Å². The Morgan fingerprint density at radius 1 is 0.952 bits per heavy atom. The summed E-state index contributed by atoms with van der Waals surface area (Å²) in [6.07, 6.45) is 2.40. The molecule has 4 heteroatoms. The second-order valence-electron chi connectivity index (χ2n) is 4.85. The summed E-state index contributed by atoms with van der Waals surface area (Å²) >= 11 is 0. The maximum absolute atomic E-state index is 12.2. The Morgan fingerprint density at radius 3 is 2.38 bits per heavy atom. The molecule has 1 aromatic carbocycles. The molecule has 0 aliphatic carbocycles. The summed E-state index contributed by atoms with van der Waals surface area (Å²) < 4.78 is 1.39. The molecule has 4 nitrogen and oxygen atoms in total. The number of pyridine rings is 2. The SMILES string of the molecule is O=C(O)c1ccc2ccc(Cc3ccccc3)cn2c1=O. The van der Waals surface area contributed by atoms with E-state index in [1.807, 2.05) is 42.5 Å². The van der Waals surface area contributed by atoms with Crippen LogP contribution in [0.5, 0.6) is 0 Å². The van der Waals surface area contributed by atoms with Gasteiger partial charge in [-0.2, -0.15) is 0 Å². The van der Waals surface area contributed by atoms with Gasteiger partial charge in [0.1, 0.15) is 5.56 Å². The van der Waals surface area contributed by atoms with E-state index in [4.69, 9.17) is 5.11 Å². The Bertz CT molecular complexity index is 866. The number of hydrogen-bond acceptors (Lipinski definition) is 2. The molecule has 104 valence electrons. The van der Waals surface area contributed by atoms with Gasteiger partial charge in [-0.05, 0) is 35.7 Å². The summed E-state index contributed by atoms with van der Waals surface area (Å²) in [5.74, 6) is -1.21. The van der Waals surface area contributed by atoms with E-state index in [0.717, 1.165) is 11.1 Å². The van der Waals surface area contributed by atoms with Crippen molar-refractivity contribution in [2.45, 2.75) is 6.42 Å². The fourth-order valence-corrected chi connectivity index (χ4v) is 2.34. The molecule has 0 radical (unpaired) electrons. The van der Waals surface area contributed by atoms with Crippen molar-refractivity contribution >= 4 is 11.5 Å². The van der Waals surface area contributed by atoms with Crippen molar-refractivity contribution in [2.24, 2.45) is 0 Å². The predicted molar refractivity (Wildman–Crippen MR) is 79.9 cm³/mol. The fraction of sp³-hybridized carbons (Fsp3) is 0.0588. The molecule has 0 saturated heterocycles. The molecule has 0 saturated carbocycles. The maximum Gasteiger partial charge on any atom is 0.341 e. The Balaban J connectivity index is 2.08. The Kier molecular flexibility index (Phi) is 3.28. The minimum Gasteiger partial charge on any atom is -0.477 e. The van der Waals surface area contributed by atoms with Crippen LogP contribution in [-0.4, -0.2) is 15.5 Å². The van der Waals surface area contributed by atoms with Gasteiger partial charge in [-0.15, -0.1) is 0 Å². The third-order valence-electron chi connectivity index (χ3n) is 3.39. The molecule has 0 unspecified atom stereocenters. The zero-order valence-corrected chi connectivity index (χ0v) is 11.2. The largest absolute Gasteiger partial charge is 0.477 e. The number of aromatic nitrogens is 1. The van der Waals surface area contributed by atoms with Gasteiger partial charge >= 0.3 is 5.97 Å². The molecule has 0 spiro atoms. The summed E-state index contributed by atoms with van der Waals surface area (Å²) in [5.41, 5.74) is 2.05. The van der Waals surface area contributed by atoms with E-state index in [0.29, 0.717) is 11.9 Å². The lowest BCUT2D eigenvalue weighted by molar-refractivity contribution is 0.0695. The van der Waals surface area contributed by atoms with Gasteiger partial charge in [0.25, 0.3) is 5.56 Å². The average molecular weight is 279 g/mol. The summed E-state index contributed by atoms with van der Waals surface area (Å²) in [4.78, 5) is 23.2. The van der Waals surface area contributed by atoms with Gasteiger partial charge in [0.2, 0.25) is 0 Å². The molecule has 0 fully saturated rings. The third kappa shape index (κ3) is 2.56. The van der Waals surface area contributed by atoms with Crippen LogP contribution >= 0.6 is 0 Å². The second-order valence-corrected chi connectivity index (χ2v) is 4.85. The molecule has 0 atom stereocenters. The molecule has 0 aliphatic heterocycles. The van der Waals surface area contributed by atoms with Crippen molar-refractivity contribution in [2.75, 3.05) is 0 Å². The third-order valence-corrected chi connectivity index (χ3v) is 3.39. The van der Waals surface area contributed by atoms with Crippen LogP contribution < -0.4 is 5.56 Å². The standard InChI is InChI=1S/C17H13NO3/c19-16-15(17(20)21)9-8-14-7-6-13(11-18(14)16)10-12-4-2-1-3-5-12/h1-9,11H,10H2,(H,20,21). The highest BCUT2D eigenvalue weighted by Gasteiger charge is 2.10. The predicted octanol–water partition coefficient (Wildman–Crippen LogP) is 2.59. The molecule has 3 aromatic rings. The summed E-state index contributed by atoms with van der Waals surface area (Å²) in [6, 6.07) is 16.7. The number of hydrogen-bond donors (Lipinski definition) is 1. The van der Waals surface area contributed by atoms with Crippen molar-refractivity contribution in [1.82, 2.24) is 4.40 Å². The second kappa shape index (κ2) is 5.25. The van der Waals surface area contributed by atoms with E-state index in [2.05, 4.69) is 0 Å². The van der Waals surface area contributed by atoms with E-state index >= 15 is 0 Å². The molecule has 0 bridgehead atoms. The summed E-state index contributed by atoms with van der Waals surface area (Å²) in [6.45, 7) is 0. The van der Waals surface area contributed by atoms with Gasteiger partial charge in [-0.1, -0.05) is 36.4 Å². The first kappa shape index (κ1) is 13.1. The highest BCUT2D eigenvalue weighted by molar-refractivity contribution is 5.87. The Hall–Kier alpha value is -2.88. The number of carbonyl (C=O) groups is 1. The molecule has 0 amide bonds. The van der Waals surface area contributed by atoms with Crippen LogP contribution in [0.1, 0.15) is 21.5 Å². The van der Waals surface area contributed by atoms with Gasteiger partial charge in [0.15, 0.2) is 0 Å². The smallest absolute Gasteiger partial charge is 0.341 e. The van der Waals surface area contributed by atoms with Crippen LogP contribution in [0, 0.1) is 0 Å².